The van der Waals surface area contributed by atoms with Gasteiger partial charge in [0.25, 0.3) is 5.56 Å². The minimum absolute atomic E-state index is 0.0298. The molecule has 0 saturated carbocycles. The summed E-state index contributed by atoms with van der Waals surface area (Å²) in [5, 5.41) is 15.6. The van der Waals surface area contributed by atoms with Crippen LogP contribution in [0, 0.1) is 12.3 Å². The highest BCUT2D eigenvalue weighted by molar-refractivity contribution is 6.32. The maximum absolute atomic E-state index is 11.7. The van der Waals surface area contributed by atoms with Crippen molar-refractivity contribution in [1.82, 2.24) is 9.78 Å². The van der Waals surface area contributed by atoms with E-state index in [1.807, 2.05) is 6.92 Å². The maximum atomic E-state index is 11.7. The zero-order valence-electron chi connectivity index (χ0n) is 9.48. The first-order valence-corrected chi connectivity index (χ1v) is 5.61. The van der Waals surface area contributed by atoms with Crippen LogP contribution < -0.4 is 10.9 Å². The van der Waals surface area contributed by atoms with Gasteiger partial charge < -0.3 is 10.4 Å². The molecule has 0 fully saturated rings. The van der Waals surface area contributed by atoms with E-state index in [1.54, 1.807) is 0 Å². The number of nitrogens with zero attached hydrogens (tertiary/aromatic N) is 2. The largest absolute Gasteiger partial charge is 0.394 e. The minimum atomic E-state index is -0.447. The van der Waals surface area contributed by atoms with E-state index in [0.717, 1.165) is 4.68 Å². The van der Waals surface area contributed by atoms with Gasteiger partial charge in [0.15, 0.2) is 0 Å². The predicted octanol–water partition coefficient (Wildman–Crippen LogP) is 0.713. The highest BCUT2D eigenvalue weighted by Gasteiger charge is 2.11. The van der Waals surface area contributed by atoms with Crippen molar-refractivity contribution in [1.29, 1.82) is 0 Å². The number of terminal acetylenes is 1. The summed E-state index contributed by atoms with van der Waals surface area (Å²) in [7, 11) is 0. The summed E-state index contributed by atoms with van der Waals surface area (Å²) in [6.07, 6.45) is 7.45. The number of aliphatic hydroxyl groups is 1. The summed E-state index contributed by atoms with van der Waals surface area (Å²) in [4.78, 5) is 11.7. The molecule has 0 amide bonds. The lowest BCUT2D eigenvalue weighted by Gasteiger charge is -2.13. The van der Waals surface area contributed by atoms with Crippen molar-refractivity contribution in [3.05, 3.63) is 21.6 Å². The van der Waals surface area contributed by atoms with Gasteiger partial charge in [-0.05, 0) is 6.42 Å². The molecule has 0 aliphatic rings. The Morgan fingerprint density at radius 1 is 1.76 bits per heavy atom. The van der Waals surface area contributed by atoms with Gasteiger partial charge in [0.05, 0.1) is 31.1 Å². The summed E-state index contributed by atoms with van der Waals surface area (Å²) >= 11 is 5.91. The van der Waals surface area contributed by atoms with E-state index in [4.69, 9.17) is 23.1 Å². The molecule has 1 rings (SSSR count). The molecule has 0 bridgehead atoms. The zero-order chi connectivity index (χ0) is 12.8. The quantitative estimate of drug-likeness (QED) is 0.761. The van der Waals surface area contributed by atoms with E-state index in [9.17, 15) is 4.79 Å². The molecular formula is C11H14ClN3O2. The summed E-state index contributed by atoms with van der Waals surface area (Å²) in [6.45, 7) is 1.87. The third kappa shape index (κ3) is 3.22. The molecule has 0 aliphatic carbocycles. The minimum Gasteiger partial charge on any atom is -0.394 e. The van der Waals surface area contributed by atoms with Crippen LogP contribution in [-0.2, 0) is 6.54 Å². The molecule has 1 aromatic rings. The molecule has 0 aromatic carbocycles. The average Bonchev–Trinajstić information content (AvgIpc) is 2.34. The lowest BCUT2D eigenvalue weighted by Crippen LogP contribution is -2.27. The van der Waals surface area contributed by atoms with Crippen LogP contribution in [0.25, 0.3) is 0 Å². The van der Waals surface area contributed by atoms with Gasteiger partial charge in [0.2, 0.25) is 0 Å². The number of anilines is 1. The Labute approximate surface area is 104 Å². The number of nitrogens with one attached hydrogen (secondary N) is 1. The van der Waals surface area contributed by atoms with Crippen LogP contribution >= 0.6 is 11.6 Å². The average molecular weight is 256 g/mol. The first kappa shape index (κ1) is 13.6. The van der Waals surface area contributed by atoms with Crippen LogP contribution in [0.1, 0.15) is 13.3 Å². The van der Waals surface area contributed by atoms with E-state index >= 15 is 0 Å². The molecule has 17 heavy (non-hydrogen) atoms. The lowest BCUT2D eigenvalue weighted by molar-refractivity contribution is 0.266. The normalized spacial score (nSPS) is 11.9. The van der Waals surface area contributed by atoms with Crippen LogP contribution in [0.15, 0.2) is 11.0 Å². The van der Waals surface area contributed by atoms with Crippen molar-refractivity contribution in [2.45, 2.75) is 25.9 Å². The second-order valence-corrected chi connectivity index (χ2v) is 3.77. The van der Waals surface area contributed by atoms with E-state index in [0.29, 0.717) is 12.1 Å². The van der Waals surface area contributed by atoms with Gasteiger partial charge >= 0.3 is 0 Å². The summed E-state index contributed by atoms with van der Waals surface area (Å²) < 4.78 is 1.10. The van der Waals surface area contributed by atoms with Gasteiger partial charge in [0, 0.05) is 0 Å². The summed E-state index contributed by atoms with van der Waals surface area (Å²) in [5.41, 5.74) is -0.0340. The molecule has 0 radical (unpaired) electrons. The van der Waals surface area contributed by atoms with Gasteiger partial charge in [-0.15, -0.1) is 6.42 Å². The van der Waals surface area contributed by atoms with E-state index in [1.165, 1.54) is 6.20 Å². The van der Waals surface area contributed by atoms with Crippen LogP contribution in [0.5, 0.6) is 0 Å². The van der Waals surface area contributed by atoms with Gasteiger partial charge in [-0.3, -0.25) is 4.79 Å². The Bertz CT molecular complexity index is 479. The van der Waals surface area contributed by atoms with Crippen molar-refractivity contribution in [3.63, 3.8) is 0 Å². The fraction of sp³-hybridized carbons (Fsp3) is 0.455. The second kappa shape index (κ2) is 6.28. The van der Waals surface area contributed by atoms with Gasteiger partial charge in [0.1, 0.15) is 5.02 Å². The van der Waals surface area contributed by atoms with Crippen LogP contribution in [-0.4, -0.2) is 27.5 Å². The zero-order valence-corrected chi connectivity index (χ0v) is 10.2. The number of hydrogen-bond donors (Lipinski definition) is 2. The van der Waals surface area contributed by atoms with Crippen LogP contribution in [0.3, 0.4) is 0 Å². The molecule has 1 aromatic heterocycles. The molecule has 0 aliphatic heterocycles. The van der Waals surface area contributed by atoms with Gasteiger partial charge in [-0.1, -0.05) is 24.4 Å². The van der Waals surface area contributed by atoms with Crippen LogP contribution in [0.2, 0.25) is 5.02 Å². The van der Waals surface area contributed by atoms with Gasteiger partial charge in [-0.2, -0.15) is 5.10 Å². The predicted molar refractivity (Wildman–Crippen MR) is 67.1 cm³/mol. The Morgan fingerprint density at radius 3 is 3.00 bits per heavy atom. The molecule has 5 nitrogen and oxygen atoms in total. The molecule has 2 N–H and O–H groups in total. The van der Waals surface area contributed by atoms with E-state index in [-0.39, 0.29) is 24.2 Å². The van der Waals surface area contributed by atoms with Crippen molar-refractivity contribution < 1.29 is 5.11 Å². The Kier molecular flexibility index (Phi) is 5.01. The highest BCUT2D eigenvalue weighted by Crippen LogP contribution is 2.16. The SMILES string of the molecule is C#CC(CC)Nc1cnn(CCO)c(=O)c1Cl. The second-order valence-electron chi connectivity index (χ2n) is 3.40. The standard InChI is InChI=1S/C11H14ClN3O2/c1-3-8(4-2)14-9-7-13-15(5-6-16)11(17)10(9)12/h1,7-8,14,16H,4-6H2,2H3. The number of hydrogen-bond acceptors (Lipinski definition) is 4. The number of aliphatic hydroxyl groups excluding tert-OH is 1. The molecule has 1 atom stereocenters. The first-order valence-electron chi connectivity index (χ1n) is 5.23. The molecule has 1 unspecified atom stereocenters. The summed E-state index contributed by atoms with van der Waals surface area (Å²) in [5.74, 6) is 2.54. The van der Waals surface area contributed by atoms with Crippen molar-refractivity contribution in [3.8, 4) is 12.3 Å². The van der Waals surface area contributed by atoms with Gasteiger partial charge in [-0.25, -0.2) is 4.68 Å². The molecule has 1 heterocycles. The lowest BCUT2D eigenvalue weighted by atomic mass is 10.2. The molecule has 6 heteroatoms. The molecule has 0 spiro atoms. The maximum Gasteiger partial charge on any atom is 0.287 e. The van der Waals surface area contributed by atoms with E-state index < -0.39 is 5.56 Å². The fourth-order valence-corrected chi connectivity index (χ4v) is 1.47. The molecule has 92 valence electrons. The number of rotatable bonds is 5. The Morgan fingerprint density at radius 2 is 2.47 bits per heavy atom. The summed E-state index contributed by atoms with van der Waals surface area (Å²) in [6, 6.07) is -0.192. The van der Waals surface area contributed by atoms with E-state index in [2.05, 4.69) is 16.3 Å². The Balaban J connectivity index is 3.01. The molecular weight excluding hydrogens is 242 g/mol. The third-order valence-corrected chi connectivity index (χ3v) is 2.60. The monoisotopic (exact) mass is 255 g/mol. The highest BCUT2D eigenvalue weighted by atomic mass is 35.5. The third-order valence-electron chi connectivity index (χ3n) is 2.24. The number of aromatic nitrogens is 2. The topological polar surface area (TPSA) is 67.2 Å². The van der Waals surface area contributed by atoms with Crippen molar-refractivity contribution in [2.24, 2.45) is 0 Å². The van der Waals surface area contributed by atoms with Crippen molar-refractivity contribution in [2.75, 3.05) is 11.9 Å². The smallest absolute Gasteiger partial charge is 0.287 e. The van der Waals surface area contributed by atoms with Crippen LogP contribution in [0.4, 0.5) is 5.69 Å². The molecule has 0 saturated heterocycles. The first-order chi connectivity index (χ1) is 8.13. The number of halogens is 1. The van der Waals surface area contributed by atoms with Crippen molar-refractivity contribution >= 4 is 17.3 Å². The Hall–Kier alpha value is -1.51. The fourth-order valence-electron chi connectivity index (χ4n) is 1.27.